The number of carbonyl (C=O) groups excluding carboxylic acids is 1. The first-order valence-electron chi connectivity index (χ1n) is 11.0. The predicted octanol–water partition coefficient (Wildman–Crippen LogP) is 3.47. The van der Waals surface area contributed by atoms with Crippen molar-refractivity contribution in [2.45, 2.75) is 53.1 Å². The van der Waals surface area contributed by atoms with E-state index in [0.717, 1.165) is 43.5 Å². The van der Waals surface area contributed by atoms with E-state index in [1.165, 1.54) is 5.56 Å². The summed E-state index contributed by atoms with van der Waals surface area (Å²) in [6.45, 7) is 15.1. The summed E-state index contributed by atoms with van der Waals surface area (Å²) in [4.78, 5) is 28.9. The van der Waals surface area contributed by atoms with Gasteiger partial charge in [0.1, 0.15) is 11.6 Å². The van der Waals surface area contributed by atoms with Gasteiger partial charge in [-0.3, -0.25) is 9.69 Å². The lowest BCUT2D eigenvalue weighted by atomic mass is 10.2. The zero-order chi connectivity index (χ0) is 21.7. The van der Waals surface area contributed by atoms with E-state index in [-0.39, 0.29) is 11.9 Å². The number of rotatable bonds is 7. The highest BCUT2D eigenvalue weighted by Crippen LogP contribution is 2.19. The average Bonchev–Trinajstić information content (AvgIpc) is 2.72. The lowest BCUT2D eigenvalue weighted by Gasteiger charge is -2.37. The van der Waals surface area contributed by atoms with Gasteiger partial charge in [0.15, 0.2) is 0 Å². The molecular weight excluding hydrogens is 374 g/mol. The van der Waals surface area contributed by atoms with Crippen LogP contribution in [0.1, 0.15) is 50.7 Å². The first kappa shape index (κ1) is 22.2. The van der Waals surface area contributed by atoms with Gasteiger partial charge in [0.25, 0.3) is 0 Å². The molecule has 0 bridgehead atoms. The maximum Gasteiger partial charge on any atom is 0.237 e. The van der Waals surface area contributed by atoms with Crippen LogP contribution in [0.4, 0.5) is 5.82 Å². The molecule has 3 rings (SSSR count). The van der Waals surface area contributed by atoms with Crippen LogP contribution in [0.5, 0.6) is 0 Å². The molecule has 2 aromatic rings. The Morgan fingerprint density at radius 3 is 2.30 bits per heavy atom. The van der Waals surface area contributed by atoms with Crippen LogP contribution in [0.2, 0.25) is 0 Å². The smallest absolute Gasteiger partial charge is 0.237 e. The molecule has 2 heterocycles. The van der Waals surface area contributed by atoms with E-state index in [0.29, 0.717) is 19.0 Å². The quantitative estimate of drug-likeness (QED) is 0.701. The normalized spacial score (nSPS) is 15.1. The molecule has 30 heavy (non-hydrogen) atoms. The average molecular weight is 410 g/mol. The molecule has 1 aromatic carbocycles. The molecule has 1 aliphatic rings. The van der Waals surface area contributed by atoms with Crippen molar-refractivity contribution in [2.24, 2.45) is 0 Å². The molecule has 1 aliphatic heterocycles. The first-order chi connectivity index (χ1) is 14.3. The Bertz CT molecular complexity index is 829. The summed E-state index contributed by atoms with van der Waals surface area (Å²) in [5.74, 6) is 2.41. The third kappa shape index (κ3) is 5.79. The number of aromatic nitrogens is 2. The van der Waals surface area contributed by atoms with E-state index in [4.69, 9.17) is 4.98 Å². The maximum atomic E-state index is 13.0. The molecule has 0 radical (unpaired) electrons. The number of amides is 1. The summed E-state index contributed by atoms with van der Waals surface area (Å²) in [5.41, 5.74) is 2.18. The SMILES string of the molecule is Cc1cc(N2CCN(CC(=O)N(Cc3ccccc3)C(C)C)CC2)nc(C(C)C)n1. The van der Waals surface area contributed by atoms with E-state index in [1.54, 1.807) is 0 Å². The Morgan fingerprint density at radius 2 is 1.70 bits per heavy atom. The van der Waals surface area contributed by atoms with Gasteiger partial charge >= 0.3 is 0 Å². The van der Waals surface area contributed by atoms with E-state index in [1.807, 2.05) is 30.0 Å². The molecule has 0 saturated carbocycles. The third-order valence-electron chi connectivity index (χ3n) is 5.57. The highest BCUT2D eigenvalue weighted by Gasteiger charge is 2.24. The second-order valence-corrected chi connectivity index (χ2v) is 8.74. The summed E-state index contributed by atoms with van der Waals surface area (Å²) >= 11 is 0. The van der Waals surface area contributed by atoms with Gasteiger partial charge in [0, 0.05) is 56.4 Å². The van der Waals surface area contributed by atoms with Crippen molar-refractivity contribution in [2.75, 3.05) is 37.6 Å². The van der Waals surface area contributed by atoms with Crippen LogP contribution in [-0.4, -0.2) is 64.4 Å². The molecule has 162 valence electrons. The number of piperazine rings is 1. The van der Waals surface area contributed by atoms with Gasteiger partial charge in [-0.05, 0) is 26.3 Å². The zero-order valence-electron chi connectivity index (χ0n) is 19.0. The molecule has 0 N–H and O–H groups in total. The fourth-order valence-electron chi connectivity index (χ4n) is 3.75. The number of nitrogens with zero attached hydrogens (tertiary/aromatic N) is 5. The van der Waals surface area contributed by atoms with Crippen LogP contribution >= 0.6 is 0 Å². The molecule has 0 aliphatic carbocycles. The minimum Gasteiger partial charge on any atom is -0.354 e. The summed E-state index contributed by atoms with van der Waals surface area (Å²) in [5, 5.41) is 0. The van der Waals surface area contributed by atoms with Gasteiger partial charge in [0.2, 0.25) is 5.91 Å². The Hall–Kier alpha value is -2.47. The lowest BCUT2D eigenvalue weighted by Crippen LogP contribution is -2.51. The molecule has 6 heteroatoms. The van der Waals surface area contributed by atoms with Crippen LogP contribution in [0.15, 0.2) is 36.4 Å². The number of hydrogen-bond donors (Lipinski definition) is 0. The standard InChI is InChI=1S/C24H35N5O/c1-18(2)24-25-20(5)15-22(26-24)28-13-11-27(12-14-28)17-23(30)29(19(3)4)16-21-9-7-6-8-10-21/h6-10,15,18-19H,11-14,16-17H2,1-5H3. The zero-order valence-corrected chi connectivity index (χ0v) is 19.0. The van der Waals surface area contributed by atoms with Crippen LogP contribution in [0.25, 0.3) is 0 Å². The number of benzene rings is 1. The van der Waals surface area contributed by atoms with Crippen LogP contribution in [0.3, 0.4) is 0 Å². The van der Waals surface area contributed by atoms with E-state index in [9.17, 15) is 4.79 Å². The predicted molar refractivity (Wildman–Crippen MR) is 122 cm³/mol. The van der Waals surface area contributed by atoms with Crippen molar-refractivity contribution in [3.05, 3.63) is 53.5 Å². The Kier molecular flexibility index (Phi) is 7.43. The van der Waals surface area contributed by atoms with Crippen molar-refractivity contribution >= 4 is 11.7 Å². The van der Waals surface area contributed by atoms with Crippen molar-refractivity contribution in [3.63, 3.8) is 0 Å². The number of anilines is 1. The van der Waals surface area contributed by atoms with E-state index >= 15 is 0 Å². The third-order valence-corrected chi connectivity index (χ3v) is 5.57. The molecule has 0 unspecified atom stereocenters. The number of aryl methyl sites for hydroxylation is 1. The minimum atomic E-state index is 0.178. The Balaban J connectivity index is 1.57. The van der Waals surface area contributed by atoms with Crippen molar-refractivity contribution < 1.29 is 4.79 Å². The maximum absolute atomic E-state index is 13.0. The molecule has 1 fully saturated rings. The molecule has 1 saturated heterocycles. The fourth-order valence-corrected chi connectivity index (χ4v) is 3.75. The molecule has 1 amide bonds. The van der Waals surface area contributed by atoms with Crippen LogP contribution < -0.4 is 4.90 Å². The summed E-state index contributed by atoms with van der Waals surface area (Å²) in [6, 6.07) is 12.5. The monoisotopic (exact) mass is 409 g/mol. The van der Waals surface area contributed by atoms with Gasteiger partial charge in [-0.2, -0.15) is 0 Å². The second kappa shape index (κ2) is 10.0. The van der Waals surface area contributed by atoms with Crippen molar-refractivity contribution in [1.29, 1.82) is 0 Å². The lowest BCUT2D eigenvalue weighted by molar-refractivity contribution is -0.134. The van der Waals surface area contributed by atoms with Gasteiger partial charge in [-0.15, -0.1) is 0 Å². The highest BCUT2D eigenvalue weighted by atomic mass is 16.2. The molecule has 1 aromatic heterocycles. The van der Waals surface area contributed by atoms with E-state index in [2.05, 4.69) is 60.7 Å². The van der Waals surface area contributed by atoms with Gasteiger partial charge in [-0.1, -0.05) is 44.2 Å². The second-order valence-electron chi connectivity index (χ2n) is 8.74. The number of hydrogen-bond acceptors (Lipinski definition) is 5. The molecule has 0 spiro atoms. The number of carbonyl (C=O) groups is 1. The minimum absolute atomic E-state index is 0.178. The van der Waals surface area contributed by atoms with Gasteiger partial charge in [-0.25, -0.2) is 9.97 Å². The fraction of sp³-hybridized carbons (Fsp3) is 0.542. The molecule has 0 atom stereocenters. The molecular formula is C24H35N5O. The van der Waals surface area contributed by atoms with Crippen LogP contribution in [0, 0.1) is 6.92 Å². The van der Waals surface area contributed by atoms with Crippen molar-refractivity contribution in [1.82, 2.24) is 19.8 Å². The largest absolute Gasteiger partial charge is 0.354 e. The van der Waals surface area contributed by atoms with Crippen molar-refractivity contribution in [3.8, 4) is 0 Å². The summed E-state index contributed by atoms with van der Waals surface area (Å²) in [7, 11) is 0. The topological polar surface area (TPSA) is 52.6 Å². The van der Waals surface area contributed by atoms with Gasteiger partial charge < -0.3 is 9.80 Å². The highest BCUT2D eigenvalue weighted by molar-refractivity contribution is 5.78. The Labute approximate surface area is 180 Å². The summed E-state index contributed by atoms with van der Waals surface area (Å²) in [6.07, 6.45) is 0. The van der Waals surface area contributed by atoms with Crippen LogP contribution in [-0.2, 0) is 11.3 Å². The van der Waals surface area contributed by atoms with E-state index < -0.39 is 0 Å². The Morgan fingerprint density at radius 1 is 1.03 bits per heavy atom. The first-order valence-corrected chi connectivity index (χ1v) is 11.0. The summed E-state index contributed by atoms with van der Waals surface area (Å²) < 4.78 is 0. The molecule has 6 nitrogen and oxygen atoms in total. The van der Waals surface area contributed by atoms with Gasteiger partial charge in [0.05, 0.1) is 6.54 Å².